The highest BCUT2D eigenvalue weighted by Crippen LogP contribution is 2.32. The first-order valence-corrected chi connectivity index (χ1v) is 8.55. The number of aliphatic hydroxyl groups excluding tert-OH is 1. The van der Waals surface area contributed by atoms with Crippen molar-refractivity contribution in [2.24, 2.45) is 0 Å². The highest BCUT2D eigenvalue weighted by molar-refractivity contribution is 7.87. The zero-order valence-electron chi connectivity index (χ0n) is 11.3. The maximum atomic E-state index is 12.4. The molecule has 1 aromatic rings. The van der Waals surface area contributed by atoms with Crippen LogP contribution in [0.15, 0.2) is 24.3 Å². The van der Waals surface area contributed by atoms with E-state index in [9.17, 15) is 13.5 Å². The molecule has 0 saturated carbocycles. The number of rotatable bonds is 3. The summed E-state index contributed by atoms with van der Waals surface area (Å²) < 4.78 is 29.0. The molecule has 2 aliphatic rings. The summed E-state index contributed by atoms with van der Waals surface area (Å²) in [6.45, 7) is 1.14. The van der Waals surface area contributed by atoms with E-state index >= 15 is 0 Å². The molecule has 6 heteroatoms. The molecule has 20 heavy (non-hydrogen) atoms. The summed E-state index contributed by atoms with van der Waals surface area (Å²) in [4.78, 5) is 0. The molecule has 1 saturated heterocycles. The SMILES string of the molecule is O=S(=O)(N[C@@H]1c2ccccc2C[C@@H]1O)N1CCCCC1. The fraction of sp³-hybridized carbons (Fsp3) is 0.571. The van der Waals surface area contributed by atoms with E-state index in [1.807, 2.05) is 24.3 Å². The molecule has 3 rings (SSSR count). The molecule has 2 atom stereocenters. The topological polar surface area (TPSA) is 69.6 Å². The van der Waals surface area contributed by atoms with Gasteiger partial charge in [0, 0.05) is 19.5 Å². The van der Waals surface area contributed by atoms with Gasteiger partial charge in [-0.3, -0.25) is 0 Å². The Morgan fingerprint density at radius 2 is 1.85 bits per heavy atom. The Bertz CT molecular complexity index is 582. The third-order valence-electron chi connectivity index (χ3n) is 4.13. The fourth-order valence-electron chi connectivity index (χ4n) is 3.06. The molecule has 0 amide bonds. The van der Waals surface area contributed by atoms with Crippen LogP contribution in [-0.2, 0) is 16.6 Å². The second-order valence-corrected chi connectivity index (χ2v) is 7.23. The predicted octanol–water partition coefficient (Wildman–Crippen LogP) is 0.965. The number of hydrogen-bond acceptors (Lipinski definition) is 3. The van der Waals surface area contributed by atoms with Crippen LogP contribution in [0, 0.1) is 0 Å². The zero-order valence-corrected chi connectivity index (χ0v) is 12.1. The predicted molar refractivity (Wildman–Crippen MR) is 76.4 cm³/mol. The Labute approximate surface area is 119 Å². The molecule has 1 aliphatic carbocycles. The van der Waals surface area contributed by atoms with Gasteiger partial charge in [0.25, 0.3) is 10.2 Å². The summed E-state index contributed by atoms with van der Waals surface area (Å²) in [6.07, 6.45) is 2.71. The van der Waals surface area contributed by atoms with E-state index in [1.165, 1.54) is 4.31 Å². The largest absolute Gasteiger partial charge is 0.391 e. The molecule has 0 unspecified atom stereocenters. The molecule has 0 radical (unpaired) electrons. The standard InChI is InChI=1S/C14H20N2O3S/c17-13-10-11-6-2-3-7-12(11)14(13)15-20(18,19)16-8-4-1-5-9-16/h2-3,6-7,13-15,17H,1,4-5,8-10H2/t13-,14+/m0/s1. The minimum absolute atomic E-state index is 0.503. The normalized spacial score (nSPS) is 27.4. The molecule has 0 aromatic heterocycles. The van der Waals surface area contributed by atoms with Crippen molar-refractivity contribution in [3.63, 3.8) is 0 Å². The highest BCUT2D eigenvalue weighted by Gasteiger charge is 2.35. The van der Waals surface area contributed by atoms with Crippen molar-refractivity contribution in [2.75, 3.05) is 13.1 Å². The molecule has 1 fully saturated rings. The van der Waals surface area contributed by atoms with Gasteiger partial charge in [0.1, 0.15) is 0 Å². The van der Waals surface area contributed by atoms with Crippen LogP contribution < -0.4 is 4.72 Å². The van der Waals surface area contributed by atoms with Gasteiger partial charge in [-0.15, -0.1) is 0 Å². The Morgan fingerprint density at radius 3 is 2.60 bits per heavy atom. The first kappa shape index (κ1) is 14.0. The van der Waals surface area contributed by atoms with Gasteiger partial charge in [0.2, 0.25) is 0 Å². The van der Waals surface area contributed by atoms with Crippen molar-refractivity contribution in [1.29, 1.82) is 0 Å². The van der Waals surface area contributed by atoms with Gasteiger partial charge in [0.05, 0.1) is 12.1 Å². The summed E-state index contributed by atoms with van der Waals surface area (Å²) in [6, 6.07) is 7.08. The third-order valence-corrected chi connectivity index (χ3v) is 5.73. The fourth-order valence-corrected chi connectivity index (χ4v) is 4.55. The van der Waals surface area contributed by atoms with Crippen LogP contribution in [0.25, 0.3) is 0 Å². The number of nitrogens with one attached hydrogen (secondary N) is 1. The monoisotopic (exact) mass is 296 g/mol. The molecule has 1 aliphatic heterocycles. The molecule has 1 heterocycles. The molecule has 5 nitrogen and oxygen atoms in total. The molecule has 1 aromatic carbocycles. The maximum absolute atomic E-state index is 12.4. The summed E-state index contributed by atoms with van der Waals surface area (Å²) >= 11 is 0. The number of hydrogen-bond donors (Lipinski definition) is 2. The van der Waals surface area contributed by atoms with Crippen LogP contribution in [0.5, 0.6) is 0 Å². The molecule has 0 spiro atoms. The van der Waals surface area contributed by atoms with Crippen molar-refractivity contribution in [3.05, 3.63) is 35.4 Å². The Hall–Kier alpha value is -0.950. The van der Waals surface area contributed by atoms with Gasteiger partial charge in [-0.25, -0.2) is 0 Å². The second-order valence-electron chi connectivity index (χ2n) is 5.53. The summed E-state index contributed by atoms with van der Waals surface area (Å²) in [5.41, 5.74) is 1.91. The molecular formula is C14H20N2O3S. The van der Waals surface area contributed by atoms with Gasteiger partial charge in [0.15, 0.2) is 0 Å². The van der Waals surface area contributed by atoms with Gasteiger partial charge in [-0.05, 0) is 24.0 Å². The summed E-state index contributed by atoms with van der Waals surface area (Å²) in [5, 5.41) is 10.1. The van der Waals surface area contributed by atoms with Crippen LogP contribution in [0.4, 0.5) is 0 Å². The number of fused-ring (bicyclic) bond motifs is 1. The van der Waals surface area contributed by atoms with E-state index in [4.69, 9.17) is 0 Å². The average molecular weight is 296 g/mol. The van der Waals surface area contributed by atoms with Gasteiger partial charge in [-0.1, -0.05) is 30.7 Å². The summed E-state index contributed by atoms with van der Waals surface area (Å²) in [7, 11) is -3.52. The number of aliphatic hydroxyl groups is 1. The van der Waals surface area contributed by atoms with Gasteiger partial charge in [-0.2, -0.15) is 17.4 Å². The molecule has 2 N–H and O–H groups in total. The van der Waals surface area contributed by atoms with Crippen molar-refractivity contribution >= 4 is 10.2 Å². The molecular weight excluding hydrogens is 276 g/mol. The lowest BCUT2D eigenvalue weighted by atomic mass is 10.1. The van der Waals surface area contributed by atoms with Crippen LogP contribution >= 0.6 is 0 Å². The highest BCUT2D eigenvalue weighted by atomic mass is 32.2. The lowest BCUT2D eigenvalue weighted by Gasteiger charge is -2.28. The van der Waals surface area contributed by atoms with Crippen LogP contribution in [0.1, 0.15) is 36.4 Å². The van der Waals surface area contributed by atoms with Crippen LogP contribution in [0.2, 0.25) is 0 Å². The van der Waals surface area contributed by atoms with E-state index in [1.54, 1.807) is 0 Å². The lowest BCUT2D eigenvalue weighted by molar-refractivity contribution is 0.150. The number of piperidine rings is 1. The Balaban J connectivity index is 1.80. The maximum Gasteiger partial charge on any atom is 0.280 e. The Kier molecular flexibility index (Phi) is 3.81. The average Bonchev–Trinajstić information content (AvgIpc) is 2.76. The minimum Gasteiger partial charge on any atom is -0.391 e. The van der Waals surface area contributed by atoms with Gasteiger partial charge < -0.3 is 5.11 Å². The quantitative estimate of drug-likeness (QED) is 0.873. The van der Waals surface area contributed by atoms with Crippen LogP contribution in [0.3, 0.4) is 0 Å². The van der Waals surface area contributed by atoms with Crippen LogP contribution in [-0.4, -0.2) is 37.0 Å². The number of benzene rings is 1. The smallest absolute Gasteiger partial charge is 0.280 e. The summed E-state index contributed by atoms with van der Waals surface area (Å²) in [5.74, 6) is 0. The van der Waals surface area contributed by atoms with E-state index in [0.29, 0.717) is 19.5 Å². The Morgan fingerprint density at radius 1 is 1.15 bits per heavy atom. The third kappa shape index (κ3) is 2.61. The van der Waals surface area contributed by atoms with Crippen molar-refractivity contribution in [1.82, 2.24) is 9.03 Å². The van der Waals surface area contributed by atoms with E-state index in [-0.39, 0.29) is 0 Å². The lowest BCUT2D eigenvalue weighted by Crippen LogP contribution is -2.46. The number of nitrogens with zero attached hydrogens (tertiary/aromatic N) is 1. The van der Waals surface area contributed by atoms with Crippen molar-refractivity contribution < 1.29 is 13.5 Å². The first-order valence-electron chi connectivity index (χ1n) is 7.11. The van der Waals surface area contributed by atoms with E-state index in [2.05, 4.69) is 4.72 Å². The van der Waals surface area contributed by atoms with Gasteiger partial charge >= 0.3 is 0 Å². The molecule has 110 valence electrons. The zero-order chi connectivity index (χ0) is 14.2. The second kappa shape index (κ2) is 5.44. The minimum atomic E-state index is -3.52. The van der Waals surface area contributed by atoms with E-state index < -0.39 is 22.4 Å². The van der Waals surface area contributed by atoms with Crippen molar-refractivity contribution in [3.8, 4) is 0 Å². The first-order chi connectivity index (χ1) is 9.58. The van der Waals surface area contributed by atoms with Crippen molar-refractivity contribution in [2.45, 2.75) is 37.8 Å². The van der Waals surface area contributed by atoms with E-state index in [0.717, 1.165) is 30.4 Å². The molecule has 0 bridgehead atoms.